The second kappa shape index (κ2) is 7.10. The van der Waals surface area contributed by atoms with Gasteiger partial charge >= 0.3 is 0 Å². The summed E-state index contributed by atoms with van der Waals surface area (Å²) in [6.45, 7) is 4.50. The van der Waals surface area contributed by atoms with Crippen molar-refractivity contribution in [3.8, 4) is 0 Å². The van der Waals surface area contributed by atoms with Crippen LogP contribution in [-0.2, 0) is 11.3 Å². The van der Waals surface area contributed by atoms with E-state index in [1.165, 1.54) is 17.3 Å². The van der Waals surface area contributed by atoms with Crippen LogP contribution >= 0.6 is 23.1 Å². The summed E-state index contributed by atoms with van der Waals surface area (Å²) in [4.78, 5) is 15.2. The molecule has 0 saturated carbocycles. The Morgan fingerprint density at radius 1 is 1.26 bits per heavy atom. The maximum Gasteiger partial charge on any atom is 0.242 e. The van der Waals surface area contributed by atoms with Gasteiger partial charge in [0, 0.05) is 4.88 Å². The van der Waals surface area contributed by atoms with Crippen molar-refractivity contribution in [2.45, 2.75) is 25.6 Å². The van der Waals surface area contributed by atoms with Crippen molar-refractivity contribution >= 4 is 40.4 Å². The Hall–Kier alpha value is -1.92. The van der Waals surface area contributed by atoms with Gasteiger partial charge in [-0.25, -0.2) is 0 Å². The molecule has 1 saturated heterocycles. The fraction of sp³-hybridized carbons (Fsp3) is 0.235. The van der Waals surface area contributed by atoms with Crippen molar-refractivity contribution in [2.24, 2.45) is 10.2 Å². The smallest absolute Gasteiger partial charge is 0.242 e. The Balaban J connectivity index is 1.80. The molecule has 1 unspecified atom stereocenters. The summed E-state index contributed by atoms with van der Waals surface area (Å²) in [6, 6.07) is 12.0. The van der Waals surface area contributed by atoms with Crippen molar-refractivity contribution in [2.75, 3.05) is 0 Å². The molecule has 0 bridgehead atoms. The van der Waals surface area contributed by atoms with E-state index in [4.69, 9.17) is 0 Å². The molecular formula is C17H17N3OS2. The SMILES string of the molecule is Cc1ccccc1CN1C(=O)C(C)SC1=NN=Cc1cccs1. The number of carbonyl (C=O) groups is 1. The minimum absolute atomic E-state index is 0.0864. The first-order valence-corrected chi connectivity index (χ1v) is 9.08. The maximum absolute atomic E-state index is 12.4. The lowest BCUT2D eigenvalue weighted by molar-refractivity contribution is -0.126. The zero-order valence-corrected chi connectivity index (χ0v) is 14.6. The molecule has 0 N–H and O–H groups in total. The Labute approximate surface area is 143 Å². The fourth-order valence-corrected chi connectivity index (χ4v) is 3.77. The van der Waals surface area contributed by atoms with Gasteiger partial charge in [-0.2, -0.15) is 5.10 Å². The van der Waals surface area contributed by atoms with E-state index in [-0.39, 0.29) is 11.2 Å². The molecule has 1 atom stereocenters. The number of nitrogens with zero attached hydrogens (tertiary/aromatic N) is 3. The van der Waals surface area contributed by atoms with Crippen LogP contribution in [0.3, 0.4) is 0 Å². The minimum Gasteiger partial charge on any atom is -0.284 e. The summed E-state index contributed by atoms with van der Waals surface area (Å²) in [5.74, 6) is 0.0864. The molecule has 1 aliphatic heterocycles. The molecular weight excluding hydrogens is 326 g/mol. The molecule has 0 radical (unpaired) electrons. The highest BCUT2D eigenvalue weighted by Crippen LogP contribution is 2.29. The molecule has 0 spiro atoms. The molecule has 2 aromatic rings. The van der Waals surface area contributed by atoms with E-state index < -0.39 is 0 Å². The average Bonchev–Trinajstić information content (AvgIpc) is 3.14. The molecule has 0 aliphatic carbocycles. The number of carbonyl (C=O) groups excluding carboxylic acids is 1. The van der Waals surface area contributed by atoms with E-state index in [0.29, 0.717) is 11.7 Å². The van der Waals surface area contributed by atoms with Gasteiger partial charge in [0.15, 0.2) is 5.17 Å². The van der Waals surface area contributed by atoms with Crippen LogP contribution in [0.2, 0.25) is 0 Å². The van der Waals surface area contributed by atoms with Crippen molar-refractivity contribution in [1.29, 1.82) is 0 Å². The Bertz CT molecular complexity index is 753. The molecule has 2 heterocycles. The summed E-state index contributed by atoms with van der Waals surface area (Å²) in [5.41, 5.74) is 2.30. The fourth-order valence-electron chi connectivity index (χ4n) is 2.27. The Morgan fingerprint density at radius 3 is 2.83 bits per heavy atom. The number of rotatable bonds is 4. The van der Waals surface area contributed by atoms with Crippen molar-refractivity contribution < 1.29 is 4.79 Å². The molecule has 3 rings (SSSR count). The van der Waals surface area contributed by atoms with Gasteiger partial charge in [-0.05, 0) is 36.4 Å². The molecule has 23 heavy (non-hydrogen) atoms. The van der Waals surface area contributed by atoms with Crippen LogP contribution in [0.4, 0.5) is 0 Å². The first-order valence-electron chi connectivity index (χ1n) is 7.32. The van der Waals surface area contributed by atoms with Gasteiger partial charge in [0.2, 0.25) is 5.91 Å². The van der Waals surface area contributed by atoms with Crippen LogP contribution in [-0.4, -0.2) is 27.4 Å². The molecule has 4 nitrogen and oxygen atoms in total. The highest BCUT2D eigenvalue weighted by atomic mass is 32.2. The lowest BCUT2D eigenvalue weighted by atomic mass is 10.1. The van der Waals surface area contributed by atoms with Crippen LogP contribution in [0.25, 0.3) is 0 Å². The number of benzene rings is 1. The largest absolute Gasteiger partial charge is 0.284 e. The normalized spacial score (nSPS) is 20.1. The number of amidine groups is 1. The second-order valence-electron chi connectivity index (χ2n) is 5.25. The lowest BCUT2D eigenvalue weighted by Crippen LogP contribution is -2.31. The second-order valence-corrected chi connectivity index (χ2v) is 7.54. The molecule has 6 heteroatoms. The summed E-state index contributed by atoms with van der Waals surface area (Å²) in [7, 11) is 0. The molecule has 1 aromatic heterocycles. The number of aryl methyl sites for hydroxylation is 1. The van der Waals surface area contributed by atoms with Crippen molar-refractivity contribution in [3.63, 3.8) is 0 Å². The first kappa shape index (κ1) is 16.0. The van der Waals surface area contributed by atoms with E-state index >= 15 is 0 Å². The van der Waals surface area contributed by atoms with Crippen LogP contribution in [0.5, 0.6) is 0 Å². The van der Waals surface area contributed by atoms with Crippen molar-refractivity contribution in [3.05, 3.63) is 57.8 Å². The number of amides is 1. The van der Waals surface area contributed by atoms with Gasteiger partial charge in [0.25, 0.3) is 0 Å². The third-order valence-electron chi connectivity index (χ3n) is 3.59. The third kappa shape index (κ3) is 3.71. The topological polar surface area (TPSA) is 45.0 Å². The molecule has 1 aliphatic rings. The first-order chi connectivity index (χ1) is 11.1. The van der Waals surface area contributed by atoms with Gasteiger partial charge in [-0.3, -0.25) is 9.69 Å². The zero-order chi connectivity index (χ0) is 16.2. The molecule has 1 aromatic carbocycles. The third-order valence-corrected chi connectivity index (χ3v) is 5.46. The van der Waals surface area contributed by atoms with E-state index in [1.807, 2.05) is 42.6 Å². The summed E-state index contributed by atoms with van der Waals surface area (Å²) < 4.78 is 0. The zero-order valence-electron chi connectivity index (χ0n) is 13.0. The number of thiophene rings is 1. The highest BCUT2D eigenvalue weighted by molar-refractivity contribution is 8.15. The van der Waals surface area contributed by atoms with Gasteiger partial charge in [0.1, 0.15) is 0 Å². The van der Waals surface area contributed by atoms with Crippen LogP contribution in [0, 0.1) is 6.92 Å². The minimum atomic E-state index is -0.116. The van der Waals surface area contributed by atoms with Gasteiger partial charge < -0.3 is 0 Å². The summed E-state index contributed by atoms with van der Waals surface area (Å²) in [6.07, 6.45) is 1.72. The maximum atomic E-state index is 12.4. The van der Waals surface area contributed by atoms with Crippen molar-refractivity contribution in [1.82, 2.24) is 4.90 Å². The quantitative estimate of drug-likeness (QED) is 0.624. The lowest BCUT2D eigenvalue weighted by Gasteiger charge is -2.16. The molecule has 1 fully saturated rings. The number of hydrogen-bond donors (Lipinski definition) is 0. The van der Waals surface area contributed by atoms with Gasteiger partial charge in [0.05, 0.1) is 18.0 Å². The van der Waals surface area contributed by atoms with E-state index in [0.717, 1.165) is 10.4 Å². The molecule has 1 amide bonds. The Kier molecular flexibility index (Phi) is 4.93. The van der Waals surface area contributed by atoms with E-state index in [9.17, 15) is 4.79 Å². The number of hydrogen-bond acceptors (Lipinski definition) is 5. The summed E-state index contributed by atoms with van der Waals surface area (Å²) in [5, 5.41) is 10.9. The van der Waals surface area contributed by atoms with E-state index in [2.05, 4.69) is 23.2 Å². The summed E-state index contributed by atoms with van der Waals surface area (Å²) >= 11 is 3.07. The molecule has 118 valence electrons. The predicted octanol–water partition coefficient (Wildman–Crippen LogP) is 3.91. The standard InChI is InChI=1S/C17H17N3OS2/c1-12-6-3-4-7-14(12)11-20-16(21)13(2)23-17(20)19-18-10-15-8-5-9-22-15/h3-10,13H,11H2,1-2H3. The van der Waals surface area contributed by atoms with E-state index in [1.54, 1.807) is 22.5 Å². The monoisotopic (exact) mass is 343 g/mol. The van der Waals surface area contributed by atoms with Crippen LogP contribution < -0.4 is 0 Å². The number of thioether (sulfide) groups is 1. The van der Waals surface area contributed by atoms with Gasteiger partial charge in [-0.15, -0.1) is 16.4 Å². The van der Waals surface area contributed by atoms with Crippen LogP contribution in [0.15, 0.2) is 52.0 Å². The van der Waals surface area contributed by atoms with Crippen LogP contribution in [0.1, 0.15) is 22.9 Å². The highest BCUT2D eigenvalue weighted by Gasteiger charge is 2.35. The predicted molar refractivity (Wildman–Crippen MR) is 98.1 cm³/mol. The average molecular weight is 343 g/mol. The Morgan fingerprint density at radius 2 is 2.09 bits per heavy atom. The van der Waals surface area contributed by atoms with Gasteiger partial charge in [-0.1, -0.05) is 42.1 Å².